The van der Waals surface area contributed by atoms with Crippen LogP contribution in [0.5, 0.6) is 0 Å². The summed E-state index contributed by atoms with van der Waals surface area (Å²) in [4.78, 5) is 37.1. The second-order valence-electron chi connectivity index (χ2n) is 5.81. The fraction of sp³-hybridized carbons (Fsp3) is 0.643. The molecule has 1 atom stereocenters. The summed E-state index contributed by atoms with van der Waals surface area (Å²) in [6, 6.07) is 2.29. The van der Waals surface area contributed by atoms with Gasteiger partial charge in [-0.2, -0.15) is 0 Å². The minimum Gasteiger partial charge on any atom is -0.377 e. The predicted molar refractivity (Wildman–Crippen MR) is 80.3 cm³/mol. The Morgan fingerprint density at radius 1 is 1.30 bits per heavy atom. The molecule has 2 fully saturated rings. The molecule has 1 aromatic heterocycles. The quantitative estimate of drug-likeness (QED) is 0.637. The third-order valence-corrected chi connectivity index (χ3v) is 4.02. The molecule has 23 heavy (non-hydrogen) atoms. The van der Waals surface area contributed by atoms with E-state index in [0.717, 1.165) is 23.4 Å². The van der Waals surface area contributed by atoms with Crippen molar-refractivity contribution < 1.29 is 14.3 Å². The number of H-pyrrole nitrogens is 1. The molecule has 0 aromatic carbocycles. The van der Waals surface area contributed by atoms with Crippen molar-refractivity contribution in [3.63, 3.8) is 0 Å². The van der Waals surface area contributed by atoms with Crippen LogP contribution in [-0.4, -0.2) is 72.2 Å². The van der Waals surface area contributed by atoms with Crippen LogP contribution in [0.3, 0.4) is 0 Å². The van der Waals surface area contributed by atoms with E-state index < -0.39 is 16.7 Å². The summed E-state index contributed by atoms with van der Waals surface area (Å²) in [5, 5.41) is 5.60. The first-order valence-corrected chi connectivity index (χ1v) is 7.58. The van der Waals surface area contributed by atoms with Gasteiger partial charge in [0, 0.05) is 31.8 Å². The van der Waals surface area contributed by atoms with Crippen LogP contribution in [0.25, 0.3) is 0 Å². The predicted octanol–water partition coefficient (Wildman–Crippen LogP) is -2.25. The summed E-state index contributed by atoms with van der Waals surface area (Å²) in [6.07, 6.45) is 0. The second-order valence-corrected chi connectivity index (χ2v) is 5.81. The Labute approximate surface area is 132 Å². The maximum atomic E-state index is 12.5. The first-order valence-electron chi connectivity index (χ1n) is 7.58. The Morgan fingerprint density at radius 3 is 3.04 bits per heavy atom. The van der Waals surface area contributed by atoms with Gasteiger partial charge in [-0.25, -0.2) is 4.68 Å². The van der Waals surface area contributed by atoms with Gasteiger partial charge >= 0.3 is 0 Å². The third-order valence-electron chi connectivity index (χ3n) is 4.02. The molecule has 0 aliphatic carbocycles. The minimum atomic E-state index is -0.556. The van der Waals surface area contributed by atoms with Crippen molar-refractivity contribution in [3.8, 4) is 0 Å². The Hall–Kier alpha value is -1.97. The Balaban J connectivity index is 1.70. The zero-order chi connectivity index (χ0) is 16.3. The lowest BCUT2D eigenvalue weighted by atomic mass is 10.0. The molecule has 3 heterocycles. The van der Waals surface area contributed by atoms with E-state index in [4.69, 9.17) is 9.47 Å². The number of morpholine rings is 1. The first-order chi connectivity index (χ1) is 11.1. The summed E-state index contributed by atoms with van der Waals surface area (Å²) >= 11 is 0. The van der Waals surface area contributed by atoms with Crippen molar-refractivity contribution in [2.24, 2.45) is 0 Å². The van der Waals surface area contributed by atoms with Crippen LogP contribution in [0.1, 0.15) is 0 Å². The smallest absolute Gasteiger partial charge is 0.265 e. The van der Waals surface area contributed by atoms with E-state index in [1.54, 1.807) is 4.90 Å². The number of ether oxygens (including phenoxy) is 2. The number of aromatic amines is 1. The Morgan fingerprint density at radius 2 is 2.17 bits per heavy atom. The van der Waals surface area contributed by atoms with Crippen molar-refractivity contribution in [1.82, 2.24) is 20.0 Å². The van der Waals surface area contributed by atoms with E-state index in [9.17, 15) is 14.4 Å². The van der Waals surface area contributed by atoms with Crippen molar-refractivity contribution in [2.75, 3.05) is 46.0 Å². The molecule has 126 valence electrons. The minimum absolute atomic E-state index is 0.195. The molecule has 2 saturated heterocycles. The van der Waals surface area contributed by atoms with E-state index in [2.05, 4.69) is 10.4 Å². The van der Waals surface area contributed by atoms with Gasteiger partial charge in [0.2, 0.25) is 5.91 Å². The number of nitrogens with zero attached hydrogens (tertiary/aromatic N) is 2. The highest BCUT2D eigenvalue weighted by Gasteiger charge is 2.39. The maximum absolute atomic E-state index is 12.5. The first kappa shape index (κ1) is 15.9. The monoisotopic (exact) mass is 324 g/mol. The molecule has 0 unspecified atom stereocenters. The zero-order valence-electron chi connectivity index (χ0n) is 12.7. The Bertz CT molecular complexity index is 674. The summed E-state index contributed by atoms with van der Waals surface area (Å²) in [5.41, 5.74) is -1.39. The number of carbonyl (C=O) groups excluding carboxylic acids is 1. The lowest BCUT2D eigenvalue weighted by Crippen LogP contribution is -2.60. The highest BCUT2D eigenvalue weighted by atomic mass is 16.5. The van der Waals surface area contributed by atoms with Crippen LogP contribution in [0.4, 0.5) is 0 Å². The zero-order valence-corrected chi connectivity index (χ0v) is 12.7. The molecule has 0 saturated carbocycles. The van der Waals surface area contributed by atoms with Crippen LogP contribution < -0.4 is 16.4 Å². The largest absolute Gasteiger partial charge is 0.377 e. The fourth-order valence-electron chi connectivity index (χ4n) is 2.84. The molecule has 2 N–H and O–H groups in total. The van der Waals surface area contributed by atoms with Crippen LogP contribution in [0.2, 0.25) is 0 Å². The lowest BCUT2D eigenvalue weighted by molar-refractivity contribution is -0.159. The van der Waals surface area contributed by atoms with Crippen molar-refractivity contribution in [3.05, 3.63) is 32.8 Å². The Kier molecular flexibility index (Phi) is 4.60. The van der Waals surface area contributed by atoms with E-state index in [-0.39, 0.29) is 12.5 Å². The van der Waals surface area contributed by atoms with Gasteiger partial charge in [0.05, 0.1) is 26.4 Å². The van der Waals surface area contributed by atoms with Crippen molar-refractivity contribution in [2.45, 2.75) is 12.1 Å². The van der Waals surface area contributed by atoms with Gasteiger partial charge in [-0.05, 0) is 0 Å². The number of nitrogens with one attached hydrogen (secondary N) is 2. The van der Waals surface area contributed by atoms with E-state index in [1.165, 1.54) is 0 Å². The maximum Gasteiger partial charge on any atom is 0.265 e. The van der Waals surface area contributed by atoms with Gasteiger partial charge in [0.25, 0.3) is 11.1 Å². The standard InChI is InChI=1S/C14H20N4O5/c19-11-1-2-12(20)18(16-11)7-13(21)17-4-6-23-14(9-17)8-15-3-5-22-10-14/h1-2,15H,3-10H2,(H,16,19)/t14-/m1/s1. The topological polar surface area (TPSA) is 106 Å². The highest BCUT2D eigenvalue weighted by molar-refractivity contribution is 5.76. The summed E-state index contributed by atoms with van der Waals surface area (Å²) in [7, 11) is 0. The van der Waals surface area contributed by atoms with Gasteiger partial charge in [0.1, 0.15) is 12.1 Å². The molecular weight excluding hydrogens is 304 g/mol. The van der Waals surface area contributed by atoms with E-state index in [0.29, 0.717) is 39.5 Å². The summed E-state index contributed by atoms with van der Waals surface area (Å²) in [6.45, 7) is 3.46. The average Bonchev–Trinajstić information content (AvgIpc) is 2.76. The number of aromatic nitrogens is 2. The summed E-state index contributed by atoms with van der Waals surface area (Å²) < 4.78 is 12.4. The lowest BCUT2D eigenvalue weighted by Gasteiger charge is -2.41. The molecule has 0 radical (unpaired) electrons. The van der Waals surface area contributed by atoms with Gasteiger partial charge in [-0.3, -0.25) is 19.5 Å². The van der Waals surface area contributed by atoms with Crippen molar-refractivity contribution >= 4 is 5.91 Å². The average molecular weight is 324 g/mol. The molecule has 1 spiro atoms. The number of hydrogen-bond acceptors (Lipinski definition) is 6. The van der Waals surface area contributed by atoms with Gasteiger partial charge in [0.15, 0.2) is 0 Å². The van der Waals surface area contributed by atoms with E-state index in [1.807, 2.05) is 0 Å². The SMILES string of the molecule is O=C(Cn1[nH]c(=O)ccc1=O)N1CCO[C@]2(CNCCOC2)C1. The molecule has 1 amide bonds. The van der Waals surface area contributed by atoms with Crippen molar-refractivity contribution in [1.29, 1.82) is 0 Å². The molecule has 9 nitrogen and oxygen atoms in total. The normalized spacial score (nSPS) is 25.3. The number of carbonyl (C=O) groups is 1. The fourth-order valence-corrected chi connectivity index (χ4v) is 2.84. The van der Waals surface area contributed by atoms with Crippen LogP contribution in [0.15, 0.2) is 21.7 Å². The molecular formula is C14H20N4O5. The molecule has 3 rings (SSSR count). The van der Waals surface area contributed by atoms with E-state index >= 15 is 0 Å². The molecule has 2 aliphatic rings. The summed E-state index contributed by atoms with van der Waals surface area (Å²) in [5.74, 6) is -0.235. The molecule has 2 aliphatic heterocycles. The highest BCUT2D eigenvalue weighted by Crippen LogP contribution is 2.19. The number of rotatable bonds is 2. The molecule has 1 aromatic rings. The van der Waals surface area contributed by atoms with Crippen LogP contribution in [0, 0.1) is 0 Å². The third kappa shape index (κ3) is 3.69. The number of amides is 1. The van der Waals surface area contributed by atoms with Gasteiger partial charge in [-0.15, -0.1) is 0 Å². The van der Waals surface area contributed by atoms with Gasteiger partial charge in [-0.1, -0.05) is 0 Å². The second kappa shape index (κ2) is 6.65. The molecule has 9 heteroatoms. The van der Waals surface area contributed by atoms with Gasteiger partial charge < -0.3 is 19.7 Å². The number of hydrogen-bond donors (Lipinski definition) is 2. The van der Waals surface area contributed by atoms with Crippen LogP contribution >= 0.6 is 0 Å². The van der Waals surface area contributed by atoms with Crippen LogP contribution in [-0.2, 0) is 20.8 Å². The molecule has 0 bridgehead atoms.